The van der Waals surface area contributed by atoms with Crippen LogP contribution in [0, 0.1) is 17.3 Å². The Bertz CT molecular complexity index is 208. The molecule has 0 aromatic carbocycles. The van der Waals surface area contributed by atoms with Crippen LogP contribution < -0.4 is 0 Å². The molecule has 0 aromatic heterocycles. The highest BCUT2D eigenvalue weighted by Gasteiger charge is 2.34. The predicted molar refractivity (Wildman–Crippen MR) is 82.9 cm³/mol. The van der Waals surface area contributed by atoms with Crippen LogP contribution in [0.4, 0.5) is 0 Å². The minimum absolute atomic E-state index is 0.646. The van der Waals surface area contributed by atoms with Gasteiger partial charge in [-0.15, -0.1) is 0 Å². The monoisotopic (exact) mass is 252 g/mol. The van der Waals surface area contributed by atoms with Gasteiger partial charge in [0, 0.05) is 0 Å². The average Bonchev–Trinajstić information content (AvgIpc) is 3.07. The van der Waals surface area contributed by atoms with E-state index in [0.29, 0.717) is 5.41 Å². The molecule has 1 aliphatic carbocycles. The first-order chi connectivity index (χ1) is 8.61. The smallest absolute Gasteiger partial charge is 0.0328 e. The molecule has 1 rings (SSSR count). The van der Waals surface area contributed by atoms with E-state index in [1.807, 2.05) is 0 Å². The van der Waals surface area contributed by atoms with Gasteiger partial charge in [0.15, 0.2) is 0 Å². The van der Waals surface area contributed by atoms with Crippen LogP contribution >= 0.6 is 0 Å². The normalized spacial score (nSPS) is 26.0. The molecular formula is C18H36. The van der Waals surface area contributed by atoms with E-state index in [-0.39, 0.29) is 0 Å². The Morgan fingerprint density at radius 3 is 2.11 bits per heavy atom. The van der Waals surface area contributed by atoms with E-state index >= 15 is 0 Å². The summed E-state index contributed by atoms with van der Waals surface area (Å²) in [6, 6.07) is 0. The topological polar surface area (TPSA) is 0 Å². The molecule has 0 spiro atoms. The lowest BCUT2D eigenvalue weighted by Crippen LogP contribution is -2.15. The van der Waals surface area contributed by atoms with Crippen LogP contribution in [-0.4, -0.2) is 0 Å². The van der Waals surface area contributed by atoms with Crippen LogP contribution in [0.5, 0.6) is 0 Å². The van der Waals surface area contributed by atoms with Crippen molar-refractivity contribution >= 4 is 0 Å². The number of hydrogen-bond donors (Lipinski definition) is 0. The number of hydrogen-bond acceptors (Lipinski definition) is 0. The fourth-order valence-corrected chi connectivity index (χ4v) is 3.15. The van der Waals surface area contributed by atoms with E-state index in [2.05, 4.69) is 27.7 Å². The molecule has 0 aromatic rings. The molecule has 3 unspecified atom stereocenters. The van der Waals surface area contributed by atoms with Gasteiger partial charge in [-0.05, 0) is 42.9 Å². The highest BCUT2D eigenvalue weighted by atomic mass is 14.4. The molecular weight excluding hydrogens is 216 g/mol. The van der Waals surface area contributed by atoms with Crippen LogP contribution in [0.1, 0.15) is 98.3 Å². The standard InChI is InChI=1S/C18H36/c1-5-7-8-9-10-11-13-18(4,6-2)14-12-17-15-16(17)3/h16-17H,5-15H2,1-4H3. The molecule has 0 saturated heterocycles. The molecule has 0 heteroatoms. The Hall–Kier alpha value is 0. The maximum absolute atomic E-state index is 2.53. The van der Waals surface area contributed by atoms with E-state index in [0.717, 1.165) is 11.8 Å². The van der Waals surface area contributed by atoms with Crippen molar-refractivity contribution in [2.45, 2.75) is 98.3 Å². The molecule has 0 heterocycles. The molecule has 1 saturated carbocycles. The van der Waals surface area contributed by atoms with Crippen LogP contribution in [-0.2, 0) is 0 Å². The van der Waals surface area contributed by atoms with Gasteiger partial charge in [-0.1, -0.05) is 72.6 Å². The lowest BCUT2D eigenvalue weighted by Gasteiger charge is -2.28. The summed E-state index contributed by atoms with van der Waals surface area (Å²) in [5.41, 5.74) is 0.646. The van der Waals surface area contributed by atoms with Crippen LogP contribution in [0.15, 0.2) is 0 Å². The van der Waals surface area contributed by atoms with E-state index in [9.17, 15) is 0 Å². The van der Waals surface area contributed by atoms with Crippen molar-refractivity contribution in [2.75, 3.05) is 0 Å². The molecule has 1 fully saturated rings. The van der Waals surface area contributed by atoms with Gasteiger partial charge in [-0.25, -0.2) is 0 Å². The summed E-state index contributed by atoms with van der Waals surface area (Å²) in [5, 5.41) is 0. The summed E-state index contributed by atoms with van der Waals surface area (Å²) in [4.78, 5) is 0. The first-order valence-electron chi connectivity index (χ1n) is 8.61. The summed E-state index contributed by atoms with van der Waals surface area (Å²) < 4.78 is 0. The Morgan fingerprint density at radius 2 is 1.56 bits per heavy atom. The summed E-state index contributed by atoms with van der Waals surface area (Å²) in [6.07, 6.45) is 16.0. The van der Waals surface area contributed by atoms with Crippen molar-refractivity contribution in [1.29, 1.82) is 0 Å². The Balaban J connectivity index is 2.06. The van der Waals surface area contributed by atoms with Gasteiger partial charge in [0.25, 0.3) is 0 Å². The van der Waals surface area contributed by atoms with Crippen molar-refractivity contribution in [2.24, 2.45) is 17.3 Å². The molecule has 0 N–H and O–H groups in total. The fraction of sp³-hybridized carbons (Fsp3) is 1.00. The summed E-state index contributed by atoms with van der Waals surface area (Å²) in [6.45, 7) is 9.65. The number of rotatable bonds is 11. The van der Waals surface area contributed by atoms with Gasteiger partial charge >= 0.3 is 0 Å². The second kappa shape index (κ2) is 8.23. The lowest BCUT2D eigenvalue weighted by molar-refractivity contribution is 0.238. The third-order valence-corrected chi connectivity index (χ3v) is 5.38. The Kier molecular flexibility index (Phi) is 7.34. The van der Waals surface area contributed by atoms with Crippen molar-refractivity contribution in [3.8, 4) is 0 Å². The van der Waals surface area contributed by atoms with E-state index in [4.69, 9.17) is 0 Å². The third-order valence-electron chi connectivity index (χ3n) is 5.38. The molecule has 3 atom stereocenters. The van der Waals surface area contributed by atoms with E-state index in [1.54, 1.807) is 0 Å². The van der Waals surface area contributed by atoms with Gasteiger partial charge in [-0.2, -0.15) is 0 Å². The molecule has 0 nitrogen and oxygen atoms in total. The van der Waals surface area contributed by atoms with Crippen molar-refractivity contribution in [1.82, 2.24) is 0 Å². The molecule has 1 aliphatic rings. The summed E-state index contributed by atoms with van der Waals surface area (Å²) >= 11 is 0. The minimum atomic E-state index is 0.646. The quantitative estimate of drug-likeness (QED) is 0.364. The van der Waals surface area contributed by atoms with Crippen LogP contribution in [0.25, 0.3) is 0 Å². The molecule has 0 radical (unpaired) electrons. The summed E-state index contributed by atoms with van der Waals surface area (Å²) in [5.74, 6) is 2.13. The van der Waals surface area contributed by atoms with Crippen molar-refractivity contribution in [3.05, 3.63) is 0 Å². The highest BCUT2D eigenvalue weighted by Crippen LogP contribution is 2.45. The van der Waals surface area contributed by atoms with Crippen molar-refractivity contribution < 1.29 is 0 Å². The summed E-state index contributed by atoms with van der Waals surface area (Å²) in [7, 11) is 0. The third kappa shape index (κ3) is 6.25. The van der Waals surface area contributed by atoms with Crippen LogP contribution in [0.3, 0.4) is 0 Å². The van der Waals surface area contributed by atoms with Gasteiger partial charge in [0.1, 0.15) is 0 Å². The maximum Gasteiger partial charge on any atom is -0.0328 e. The number of unbranched alkanes of at least 4 members (excludes halogenated alkanes) is 5. The zero-order valence-electron chi connectivity index (χ0n) is 13.4. The van der Waals surface area contributed by atoms with Crippen LogP contribution in [0.2, 0.25) is 0 Å². The Morgan fingerprint density at radius 1 is 0.944 bits per heavy atom. The minimum Gasteiger partial charge on any atom is -0.0654 e. The zero-order chi connectivity index (χ0) is 13.4. The largest absolute Gasteiger partial charge is 0.0654 e. The first-order valence-corrected chi connectivity index (χ1v) is 8.61. The average molecular weight is 252 g/mol. The Labute approximate surface area is 116 Å². The molecule has 0 aliphatic heterocycles. The SMILES string of the molecule is CCCCCCCCC(C)(CC)CCC1CC1C. The first kappa shape index (κ1) is 16.1. The molecule has 18 heavy (non-hydrogen) atoms. The fourth-order valence-electron chi connectivity index (χ4n) is 3.15. The van der Waals surface area contributed by atoms with Gasteiger partial charge in [0.2, 0.25) is 0 Å². The molecule has 108 valence electrons. The van der Waals surface area contributed by atoms with Gasteiger partial charge in [-0.3, -0.25) is 0 Å². The van der Waals surface area contributed by atoms with E-state index in [1.165, 1.54) is 70.6 Å². The van der Waals surface area contributed by atoms with Gasteiger partial charge in [0.05, 0.1) is 0 Å². The van der Waals surface area contributed by atoms with Crippen molar-refractivity contribution in [3.63, 3.8) is 0 Å². The molecule has 0 bridgehead atoms. The lowest BCUT2D eigenvalue weighted by atomic mass is 9.77. The van der Waals surface area contributed by atoms with Gasteiger partial charge < -0.3 is 0 Å². The second-order valence-electron chi connectivity index (χ2n) is 7.19. The molecule has 0 amide bonds. The zero-order valence-corrected chi connectivity index (χ0v) is 13.4. The highest BCUT2D eigenvalue weighted by molar-refractivity contribution is 4.85. The van der Waals surface area contributed by atoms with E-state index < -0.39 is 0 Å². The second-order valence-corrected chi connectivity index (χ2v) is 7.19. The maximum atomic E-state index is 2.53. The predicted octanol–water partition coefficient (Wildman–Crippen LogP) is 6.59.